The molecule has 1 atom stereocenters. The lowest BCUT2D eigenvalue weighted by Crippen LogP contribution is -2.39. The molecule has 0 aliphatic carbocycles. The van der Waals surface area contributed by atoms with Gasteiger partial charge in [0, 0.05) is 24.4 Å². The van der Waals surface area contributed by atoms with Crippen LogP contribution < -0.4 is 14.2 Å². The topological polar surface area (TPSA) is 69.6 Å². The van der Waals surface area contributed by atoms with Gasteiger partial charge in [-0.25, -0.2) is 0 Å². The summed E-state index contributed by atoms with van der Waals surface area (Å²) in [7, 11) is 1.64. The summed E-state index contributed by atoms with van der Waals surface area (Å²) in [4.78, 5) is 20.4. The summed E-state index contributed by atoms with van der Waals surface area (Å²) in [6.45, 7) is 5.01. The monoisotopic (exact) mass is 410 g/mol. The lowest BCUT2D eigenvalue weighted by molar-refractivity contribution is -0.136. The number of hydrogen-bond acceptors (Lipinski definition) is 6. The molecule has 0 bridgehead atoms. The first-order valence-corrected chi connectivity index (χ1v) is 10.1. The molecule has 0 spiro atoms. The number of oxime groups is 1. The van der Waals surface area contributed by atoms with Gasteiger partial charge in [-0.15, -0.1) is 0 Å². The zero-order chi connectivity index (χ0) is 21.1. The molecule has 4 rings (SSSR count). The molecule has 0 N–H and O–H groups in total. The Balaban J connectivity index is 1.44. The number of carbonyl (C=O) groups is 1. The summed E-state index contributed by atoms with van der Waals surface area (Å²) in [5.41, 5.74) is 2.80. The van der Waals surface area contributed by atoms with Crippen LogP contribution in [0.3, 0.4) is 0 Å². The summed E-state index contributed by atoms with van der Waals surface area (Å²) < 4.78 is 16.1. The summed E-state index contributed by atoms with van der Waals surface area (Å²) in [5.74, 6) is 2.20. The van der Waals surface area contributed by atoms with E-state index < -0.39 is 0 Å². The first-order valence-electron chi connectivity index (χ1n) is 10.1. The molecule has 7 nitrogen and oxygen atoms in total. The number of methoxy groups -OCH3 is 1. The van der Waals surface area contributed by atoms with Gasteiger partial charge in [0.05, 0.1) is 19.4 Å². The fourth-order valence-corrected chi connectivity index (χ4v) is 3.61. The lowest BCUT2D eigenvalue weighted by Gasteiger charge is -2.26. The Morgan fingerprint density at radius 3 is 2.83 bits per heavy atom. The minimum atomic E-state index is -0.196. The fraction of sp³-hybridized carbons (Fsp3) is 0.391. The van der Waals surface area contributed by atoms with Gasteiger partial charge in [-0.3, -0.25) is 4.79 Å². The third kappa shape index (κ3) is 4.35. The molecule has 2 aliphatic heterocycles. The second kappa shape index (κ2) is 8.65. The normalized spacial score (nSPS) is 16.9. The average molecular weight is 410 g/mol. The van der Waals surface area contributed by atoms with E-state index in [1.165, 1.54) is 0 Å². The first kappa shape index (κ1) is 20.1. The van der Waals surface area contributed by atoms with Crippen LogP contribution >= 0.6 is 0 Å². The van der Waals surface area contributed by atoms with E-state index in [0.29, 0.717) is 25.3 Å². The molecule has 7 heteroatoms. The molecule has 0 saturated heterocycles. The molecule has 2 aromatic carbocycles. The molecule has 0 fully saturated rings. The van der Waals surface area contributed by atoms with E-state index >= 15 is 0 Å². The van der Waals surface area contributed by atoms with E-state index in [9.17, 15) is 4.79 Å². The molecule has 0 unspecified atom stereocenters. The van der Waals surface area contributed by atoms with Gasteiger partial charge in [0.15, 0.2) is 17.6 Å². The van der Waals surface area contributed by atoms with Crippen molar-refractivity contribution in [2.24, 2.45) is 11.1 Å². The van der Waals surface area contributed by atoms with Crippen molar-refractivity contribution in [1.29, 1.82) is 0 Å². The maximum absolute atomic E-state index is 12.8. The molecule has 30 heavy (non-hydrogen) atoms. The summed E-state index contributed by atoms with van der Waals surface area (Å²) >= 11 is 0. The Hall–Kier alpha value is -3.22. The largest absolute Gasteiger partial charge is 0.497 e. The van der Waals surface area contributed by atoms with Crippen molar-refractivity contribution < 1.29 is 23.8 Å². The van der Waals surface area contributed by atoms with Crippen molar-refractivity contribution in [2.75, 3.05) is 20.4 Å². The number of carbonyl (C=O) groups excluding carboxylic acids is 1. The zero-order valence-electron chi connectivity index (χ0n) is 17.5. The van der Waals surface area contributed by atoms with Crippen molar-refractivity contribution in [3.8, 4) is 17.2 Å². The van der Waals surface area contributed by atoms with Gasteiger partial charge >= 0.3 is 0 Å². The van der Waals surface area contributed by atoms with E-state index in [1.54, 1.807) is 7.11 Å². The number of hydrogen-bond donors (Lipinski definition) is 0. The second-order valence-electron chi connectivity index (χ2n) is 7.76. The number of ether oxygens (including phenoxy) is 3. The van der Waals surface area contributed by atoms with Crippen molar-refractivity contribution >= 4 is 11.6 Å². The highest BCUT2D eigenvalue weighted by molar-refractivity contribution is 6.01. The summed E-state index contributed by atoms with van der Waals surface area (Å²) in [6, 6.07) is 13.5. The summed E-state index contributed by atoms with van der Waals surface area (Å²) in [6.07, 6.45) is 0.429. The lowest BCUT2D eigenvalue weighted by atomic mass is 10.0. The van der Waals surface area contributed by atoms with Crippen molar-refractivity contribution in [3.63, 3.8) is 0 Å². The van der Waals surface area contributed by atoms with Crippen molar-refractivity contribution in [3.05, 3.63) is 53.6 Å². The second-order valence-corrected chi connectivity index (χ2v) is 7.76. The highest BCUT2D eigenvalue weighted by atomic mass is 16.7. The van der Waals surface area contributed by atoms with Crippen LogP contribution in [-0.4, -0.2) is 43.1 Å². The van der Waals surface area contributed by atoms with Gasteiger partial charge in [-0.1, -0.05) is 31.1 Å². The van der Waals surface area contributed by atoms with E-state index in [0.717, 1.165) is 28.3 Å². The number of rotatable bonds is 7. The van der Waals surface area contributed by atoms with Gasteiger partial charge in [0.25, 0.3) is 0 Å². The van der Waals surface area contributed by atoms with Crippen molar-refractivity contribution in [2.45, 2.75) is 32.9 Å². The molecule has 158 valence electrons. The van der Waals surface area contributed by atoms with Crippen LogP contribution in [0.15, 0.2) is 47.6 Å². The minimum absolute atomic E-state index is 0.0814. The Morgan fingerprint density at radius 1 is 1.20 bits per heavy atom. The van der Waals surface area contributed by atoms with Crippen LogP contribution in [0.25, 0.3) is 0 Å². The Labute approximate surface area is 176 Å². The van der Waals surface area contributed by atoms with Crippen LogP contribution in [0.4, 0.5) is 0 Å². The van der Waals surface area contributed by atoms with Crippen molar-refractivity contribution in [1.82, 2.24) is 4.90 Å². The first-order chi connectivity index (χ1) is 14.5. The van der Waals surface area contributed by atoms with Crippen LogP contribution in [0.1, 0.15) is 31.4 Å². The molecule has 0 saturated carbocycles. The van der Waals surface area contributed by atoms with Gasteiger partial charge < -0.3 is 23.9 Å². The van der Waals surface area contributed by atoms with Crippen LogP contribution in [0.2, 0.25) is 0 Å². The number of benzene rings is 2. The summed E-state index contributed by atoms with van der Waals surface area (Å²) in [5, 5.41) is 4.27. The maximum Gasteiger partial charge on any atom is 0.231 e. The van der Waals surface area contributed by atoms with E-state index in [4.69, 9.17) is 19.0 Å². The number of amides is 1. The quantitative estimate of drug-likeness (QED) is 0.698. The van der Waals surface area contributed by atoms with Gasteiger partial charge in [0.2, 0.25) is 12.7 Å². The Kier molecular flexibility index (Phi) is 5.79. The SMILES string of the molecule is COc1cccc(CN(C[C@@H]2CC(c3ccc4c(c3)OCO4)=NO2)C(=O)C(C)C)c1. The maximum atomic E-state index is 12.8. The highest BCUT2D eigenvalue weighted by Gasteiger charge is 2.28. The molecule has 2 aliphatic rings. The molecule has 0 aromatic heterocycles. The fourth-order valence-electron chi connectivity index (χ4n) is 3.61. The Morgan fingerprint density at radius 2 is 2.03 bits per heavy atom. The van der Waals surface area contributed by atoms with E-state index in [2.05, 4.69) is 5.16 Å². The highest BCUT2D eigenvalue weighted by Crippen LogP contribution is 2.33. The van der Waals surface area contributed by atoms with Crippen LogP contribution in [0.5, 0.6) is 17.2 Å². The molecule has 2 heterocycles. The zero-order valence-corrected chi connectivity index (χ0v) is 17.5. The van der Waals surface area contributed by atoms with Crippen LogP contribution in [0, 0.1) is 5.92 Å². The smallest absolute Gasteiger partial charge is 0.231 e. The standard InChI is InChI=1S/C23H26N2O5/c1-15(2)23(26)25(12-16-5-4-6-18(9-16)27-3)13-19-11-20(24-30-19)17-7-8-21-22(10-17)29-14-28-21/h4-10,15,19H,11-14H2,1-3H3/t19-/m0/s1. The third-order valence-corrected chi connectivity index (χ3v) is 5.18. The molecule has 1 amide bonds. The number of nitrogens with zero attached hydrogens (tertiary/aromatic N) is 2. The molecular formula is C23H26N2O5. The van der Waals surface area contributed by atoms with Gasteiger partial charge in [-0.2, -0.15) is 0 Å². The van der Waals surface area contributed by atoms with Gasteiger partial charge in [-0.05, 0) is 35.9 Å². The average Bonchev–Trinajstić information content (AvgIpc) is 3.41. The molecule has 0 radical (unpaired) electrons. The van der Waals surface area contributed by atoms with Gasteiger partial charge in [0.1, 0.15) is 5.75 Å². The predicted octanol–water partition coefficient (Wildman–Crippen LogP) is 3.60. The predicted molar refractivity (Wildman–Crippen MR) is 112 cm³/mol. The van der Waals surface area contributed by atoms with E-state index in [1.807, 2.05) is 61.2 Å². The number of fused-ring (bicyclic) bond motifs is 1. The third-order valence-electron chi connectivity index (χ3n) is 5.18. The minimum Gasteiger partial charge on any atom is -0.497 e. The molecular weight excluding hydrogens is 384 g/mol. The van der Waals surface area contributed by atoms with Crippen LogP contribution in [-0.2, 0) is 16.2 Å². The van der Waals surface area contributed by atoms with E-state index in [-0.39, 0.29) is 24.7 Å². The Bertz CT molecular complexity index is 956. The molecule has 2 aromatic rings.